The highest BCUT2D eigenvalue weighted by Gasteiger charge is 2.26. The highest BCUT2D eigenvalue weighted by Crippen LogP contribution is 2.27. The van der Waals surface area contributed by atoms with Crippen molar-refractivity contribution in [3.05, 3.63) is 52.5 Å². The van der Waals surface area contributed by atoms with Crippen molar-refractivity contribution in [1.29, 1.82) is 0 Å². The largest absolute Gasteiger partial charge is 0.492 e. The molecule has 2 aromatic rings. The van der Waals surface area contributed by atoms with Crippen LogP contribution in [0.25, 0.3) is 0 Å². The van der Waals surface area contributed by atoms with Gasteiger partial charge in [0, 0.05) is 24.3 Å². The molecule has 0 atom stereocenters. The normalized spacial score (nSPS) is 15.1. The topological polar surface area (TPSA) is 84.9 Å². The van der Waals surface area contributed by atoms with E-state index in [1.165, 1.54) is 16.4 Å². The Hall–Kier alpha value is -1.94. The molecule has 0 unspecified atom stereocenters. The molecule has 1 N–H and O–H groups in total. The fourth-order valence-electron chi connectivity index (χ4n) is 3.01. The van der Waals surface area contributed by atoms with Crippen LogP contribution in [0.4, 0.5) is 5.69 Å². The summed E-state index contributed by atoms with van der Waals surface area (Å²) in [6.07, 6.45) is 0.950. The molecule has 3 rings (SSSR count). The van der Waals surface area contributed by atoms with Crippen molar-refractivity contribution in [3.8, 4) is 5.75 Å². The third-order valence-corrected chi connectivity index (χ3v) is 7.40. The van der Waals surface area contributed by atoms with Crippen molar-refractivity contribution in [1.82, 2.24) is 4.31 Å². The minimum absolute atomic E-state index is 0.193. The number of hydrogen-bond donors (Lipinski definition) is 1. The molecule has 0 aliphatic carbocycles. The van der Waals surface area contributed by atoms with Crippen LogP contribution in [0, 0.1) is 5.92 Å². The molecule has 1 saturated heterocycles. The molecule has 0 saturated carbocycles. The Morgan fingerprint density at radius 3 is 2.45 bits per heavy atom. The lowest BCUT2D eigenvalue weighted by atomic mass is 10.1. The van der Waals surface area contributed by atoms with Crippen molar-refractivity contribution in [3.63, 3.8) is 0 Å². The number of benzene rings is 2. The van der Waals surface area contributed by atoms with Gasteiger partial charge in [0.2, 0.25) is 10.0 Å². The Morgan fingerprint density at radius 2 is 1.84 bits per heavy atom. The number of ether oxygens (including phenoxy) is 2. The summed E-state index contributed by atoms with van der Waals surface area (Å²) in [6.45, 7) is 6.35. The van der Waals surface area contributed by atoms with Gasteiger partial charge in [-0.2, -0.15) is 4.31 Å². The zero-order valence-electron chi connectivity index (χ0n) is 17.6. The highest BCUT2D eigenvalue weighted by molar-refractivity contribution is 9.10. The van der Waals surface area contributed by atoms with Gasteiger partial charge in [0.05, 0.1) is 29.2 Å². The number of nitrogens with zero attached hydrogens (tertiary/aromatic N) is 1. The number of anilines is 1. The molecule has 2 aromatic carbocycles. The minimum Gasteiger partial charge on any atom is -0.492 e. The van der Waals surface area contributed by atoms with E-state index in [4.69, 9.17) is 9.47 Å². The van der Waals surface area contributed by atoms with Gasteiger partial charge in [-0.05, 0) is 70.7 Å². The number of halogens is 1. The number of sulfonamides is 1. The zero-order valence-corrected chi connectivity index (χ0v) is 20.0. The van der Waals surface area contributed by atoms with Gasteiger partial charge in [-0.25, -0.2) is 8.42 Å². The van der Waals surface area contributed by atoms with Gasteiger partial charge in [-0.15, -0.1) is 0 Å². The van der Waals surface area contributed by atoms with E-state index in [9.17, 15) is 13.2 Å². The quantitative estimate of drug-likeness (QED) is 0.576. The number of nitrogens with one attached hydrogen (secondary N) is 1. The maximum Gasteiger partial charge on any atom is 0.255 e. The number of carbonyl (C=O) groups is 1. The van der Waals surface area contributed by atoms with Gasteiger partial charge < -0.3 is 14.8 Å². The minimum atomic E-state index is -3.56. The van der Waals surface area contributed by atoms with E-state index < -0.39 is 10.0 Å². The van der Waals surface area contributed by atoms with E-state index in [2.05, 4.69) is 35.1 Å². The van der Waals surface area contributed by atoms with Gasteiger partial charge in [0.15, 0.2) is 0 Å². The molecule has 1 heterocycles. The van der Waals surface area contributed by atoms with E-state index >= 15 is 0 Å². The fraction of sp³-hybridized carbons (Fsp3) is 0.409. The Balaban J connectivity index is 1.63. The summed E-state index contributed by atoms with van der Waals surface area (Å²) >= 11 is 3.45. The predicted molar refractivity (Wildman–Crippen MR) is 123 cm³/mol. The number of hydrogen-bond acceptors (Lipinski definition) is 5. The van der Waals surface area contributed by atoms with Crippen molar-refractivity contribution in [2.24, 2.45) is 5.92 Å². The van der Waals surface area contributed by atoms with Gasteiger partial charge in [-0.1, -0.05) is 13.8 Å². The Bertz CT molecular complexity index is 1000. The molecule has 31 heavy (non-hydrogen) atoms. The number of rotatable bonds is 8. The number of carbonyl (C=O) groups excluding carboxylic acids is 1. The molecule has 0 bridgehead atoms. The van der Waals surface area contributed by atoms with Crippen LogP contribution in [0.5, 0.6) is 5.75 Å². The monoisotopic (exact) mass is 510 g/mol. The molecule has 0 radical (unpaired) electrons. The average molecular weight is 511 g/mol. The zero-order chi connectivity index (χ0) is 22.4. The van der Waals surface area contributed by atoms with Crippen LogP contribution < -0.4 is 10.1 Å². The van der Waals surface area contributed by atoms with Crippen LogP contribution in [0.2, 0.25) is 0 Å². The number of amides is 1. The summed E-state index contributed by atoms with van der Waals surface area (Å²) in [5, 5.41) is 2.79. The van der Waals surface area contributed by atoms with Gasteiger partial charge in [0.25, 0.3) is 5.91 Å². The van der Waals surface area contributed by atoms with E-state index in [1.54, 1.807) is 30.3 Å². The van der Waals surface area contributed by atoms with Crippen LogP contribution in [-0.2, 0) is 14.8 Å². The van der Waals surface area contributed by atoms with Crippen molar-refractivity contribution < 1.29 is 22.7 Å². The molecule has 0 aromatic heterocycles. The van der Waals surface area contributed by atoms with Crippen LogP contribution in [0.1, 0.15) is 30.6 Å². The first-order chi connectivity index (χ1) is 14.8. The van der Waals surface area contributed by atoms with Crippen LogP contribution >= 0.6 is 15.9 Å². The maximum atomic E-state index is 12.7. The molecule has 9 heteroatoms. The standard InChI is InChI=1S/C22H27BrN2O5S/c1-16(2)9-12-30-21-8-3-17(15-20(21)23)22(26)24-18-4-6-19(7-5-18)31(27,28)25-10-13-29-14-11-25/h3-8,15-16H,9-14H2,1-2H3,(H,24,26). The summed E-state index contributed by atoms with van der Waals surface area (Å²) in [5.74, 6) is 0.951. The Labute approximate surface area is 191 Å². The van der Waals surface area contributed by atoms with E-state index in [-0.39, 0.29) is 10.8 Å². The summed E-state index contributed by atoms with van der Waals surface area (Å²) in [4.78, 5) is 12.8. The number of morpholine rings is 1. The molecule has 1 fully saturated rings. The smallest absolute Gasteiger partial charge is 0.255 e. The Morgan fingerprint density at radius 1 is 1.16 bits per heavy atom. The maximum absolute atomic E-state index is 12.7. The molecule has 1 aliphatic rings. The van der Waals surface area contributed by atoms with Gasteiger partial charge in [-0.3, -0.25) is 4.79 Å². The van der Waals surface area contributed by atoms with Crippen molar-refractivity contribution in [2.45, 2.75) is 25.2 Å². The fourth-order valence-corrected chi connectivity index (χ4v) is 4.91. The Kier molecular flexibility index (Phi) is 8.10. The first kappa shape index (κ1) is 23.7. The second kappa shape index (κ2) is 10.6. The summed E-state index contributed by atoms with van der Waals surface area (Å²) in [6, 6.07) is 11.3. The molecule has 0 spiro atoms. The van der Waals surface area contributed by atoms with Gasteiger partial charge in [0.1, 0.15) is 5.75 Å². The molecule has 1 amide bonds. The summed E-state index contributed by atoms with van der Waals surface area (Å²) in [7, 11) is -3.56. The van der Waals surface area contributed by atoms with Crippen molar-refractivity contribution in [2.75, 3.05) is 38.2 Å². The lowest BCUT2D eigenvalue weighted by Gasteiger charge is -2.26. The van der Waals surface area contributed by atoms with Gasteiger partial charge >= 0.3 is 0 Å². The first-order valence-corrected chi connectivity index (χ1v) is 12.4. The third-order valence-electron chi connectivity index (χ3n) is 4.87. The average Bonchev–Trinajstić information content (AvgIpc) is 2.75. The predicted octanol–water partition coefficient (Wildman–Crippen LogP) is 4.15. The van der Waals surface area contributed by atoms with E-state index in [0.29, 0.717) is 60.3 Å². The lowest BCUT2D eigenvalue weighted by molar-refractivity contribution is 0.0730. The molecule has 7 nitrogen and oxygen atoms in total. The van der Waals surface area contributed by atoms with E-state index in [1.807, 2.05) is 0 Å². The van der Waals surface area contributed by atoms with Crippen LogP contribution in [0.3, 0.4) is 0 Å². The second-order valence-corrected chi connectivity index (χ2v) is 10.5. The lowest BCUT2D eigenvalue weighted by Crippen LogP contribution is -2.40. The molecule has 1 aliphatic heterocycles. The van der Waals surface area contributed by atoms with Crippen molar-refractivity contribution >= 4 is 37.5 Å². The molecule has 168 valence electrons. The molecular formula is C22H27BrN2O5S. The van der Waals surface area contributed by atoms with Crippen LogP contribution in [0.15, 0.2) is 51.8 Å². The first-order valence-electron chi connectivity index (χ1n) is 10.2. The summed E-state index contributed by atoms with van der Waals surface area (Å²) < 4.78 is 38.5. The SMILES string of the molecule is CC(C)CCOc1ccc(C(=O)Nc2ccc(S(=O)(=O)N3CCOCC3)cc2)cc1Br. The second-order valence-electron chi connectivity index (χ2n) is 7.67. The molecular weight excluding hydrogens is 484 g/mol. The highest BCUT2D eigenvalue weighted by atomic mass is 79.9. The van der Waals surface area contributed by atoms with E-state index in [0.717, 1.165) is 6.42 Å². The van der Waals surface area contributed by atoms with Crippen LogP contribution in [-0.4, -0.2) is 51.5 Å². The third kappa shape index (κ3) is 6.29. The summed E-state index contributed by atoms with van der Waals surface area (Å²) in [5.41, 5.74) is 0.979.